The predicted octanol–water partition coefficient (Wildman–Crippen LogP) is 2.47. The van der Waals surface area contributed by atoms with Crippen LogP contribution < -0.4 is 10.6 Å². The van der Waals surface area contributed by atoms with Gasteiger partial charge in [-0.1, -0.05) is 24.6 Å². The summed E-state index contributed by atoms with van der Waals surface area (Å²) in [6, 6.07) is 8.09. The average Bonchev–Trinajstić information content (AvgIpc) is 2.54. The van der Waals surface area contributed by atoms with E-state index in [2.05, 4.69) is 22.5 Å². The lowest BCUT2D eigenvalue weighted by Gasteiger charge is -2.29. The molecule has 2 N–H and O–H groups in total. The summed E-state index contributed by atoms with van der Waals surface area (Å²) in [6.45, 7) is 6.26. The van der Waals surface area contributed by atoms with Gasteiger partial charge in [-0.2, -0.15) is 0 Å². The Morgan fingerprint density at radius 3 is 2.61 bits per heavy atom. The Hall–Kier alpha value is -1.10. The molecule has 1 aromatic carbocycles. The highest BCUT2D eigenvalue weighted by atomic mass is 35.5. The van der Waals surface area contributed by atoms with E-state index in [0.29, 0.717) is 0 Å². The van der Waals surface area contributed by atoms with Crippen molar-refractivity contribution in [2.24, 2.45) is 0 Å². The standard InChI is InChI=1S/C18H29N3O.ClH/c1-15(14-21-12-6-3-7-13-21)20-18(22)17-9-5-4-8-16(17)10-11-19-2;/h4-5,8-9,15,19H,3,6-7,10-14H2,1-2H3,(H,20,22);1H. The zero-order chi connectivity index (χ0) is 15.8. The molecule has 1 aliphatic rings. The SMILES string of the molecule is CNCCc1ccccc1C(=O)NC(C)CN1CCCCC1.Cl. The predicted molar refractivity (Wildman–Crippen MR) is 98.5 cm³/mol. The van der Waals surface area contributed by atoms with Gasteiger partial charge < -0.3 is 15.5 Å². The summed E-state index contributed by atoms with van der Waals surface area (Å²) in [7, 11) is 1.93. The third kappa shape index (κ3) is 6.50. The fourth-order valence-corrected chi connectivity index (χ4v) is 3.10. The van der Waals surface area contributed by atoms with Gasteiger partial charge in [-0.05, 0) is 64.5 Å². The summed E-state index contributed by atoms with van der Waals surface area (Å²) in [6.07, 6.45) is 4.79. The molecule has 1 unspecified atom stereocenters. The molecule has 0 bridgehead atoms. The normalized spacial score (nSPS) is 16.4. The van der Waals surface area contributed by atoms with E-state index in [1.54, 1.807) is 0 Å². The molecular weight excluding hydrogens is 310 g/mol. The van der Waals surface area contributed by atoms with Crippen LogP contribution in [0.3, 0.4) is 0 Å². The Kier molecular flexibility index (Phi) is 9.22. The van der Waals surface area contributed by atoms with Gasteiger partial charge in [-0.25, -0.2) is 0 Å². The zero-order valence-electron chi connectivity index (χ0n) is 14.3. The number of amides is 1. The number of carbonyl (C=O) groups is 1. The molecule has 1 aliphatic heterocycles. The van der Waals surface area contributed by atoms with Crippen molar-refractivity contribution in [2.45, 2.75) is 38.6 Å². The van der Waals surface area contributed by atoms with E-state index in [0.717, 1.165) is 30.6 Å². The van der Waals surface area contributed by atoms with E-state index >= 15 is 0 Å². The Bertz CT molecular complexity index is 475. The maximum absolute atomic E-state index is 12.5. The summed E-state index contributed by atoms with van der Waals surface area (Å²) in [5.41, 5.74) is 1.92. The van der Waals surface area contributed by atoms with Crippen molar-refractivity contribution >= 4 is 18.3 Å². The van der Waals surface area contributed by atoms with Crippen molar-refractivity contribution < 1.29 is 4.79 Å². The van der Waals surface area contributed by atoms with E-state index in [1.807, 2.05) is 31.3 Å². The Labute approximate surface area is 146 Å². The molecule has 1 atom stereocenters. The fourth-order valence-electron chi connectivity index (χ4n) is 3.10. The highest BCUT2D eigenvalue weighted by Crippen LogP contribution is 2.11. The van der Waals surface area contributed by atoms with Gasteiger partial charge in [0.25, 0.3) is 5.91 Å². The molecule has 2 rings (SSSR count). The molecule has 1 aromatic rings. The van der Waals surface area contributed by atoms with Gasteiger partial charge in [0.15, 0.2) is 0 Å². The van der Waals surface area contributed by atoms with Crippen molar-refractivity contribution in [1.82, 2.24) is 15.5 Å². The third-order valence-corrected chi connectivity index (χ3v) is 4.26. The Morgan fingerprint density at radius 1 is 1.22 bits per heavy atom. The van der Waals surface area contributed by atoms with Gasteiger partial charge >= 0.3 is 0 Å². The van der Waals surface area contributed by atoms with Gasteiger partial charge in [0.05, 0.1) is 0 Å². The van der Waals surface area contributed by atoms with Crippen LogP contribution in [0.4, 0.5) is 0 Å². The number of likely N-dealkylation sites (tertiary alicyclic amines) is 1. The van der Waals surface area contributed by atoms with Gasteiger partial charge in [0.1, 0.15) is 0 Å². The summed E-state index contributed by atoms with van der Waals surface area (Å²) in [5.74, 6) is 0.0520. The lowest BCUT2D eigenvalue weighted by molar-refractivity contribution is 0.0924. The first-order valence-corrected chi connectivity index (χ1v) is 8.46. The quantitative estimate of drug-likeness (QED) is 0.802. The second kappa shape index (κ2) is 10.6. The van der Waals surface area contributed by atoms with Crippen LogP contribution in [-0.2, 0) is 6.42 Å². The van der Waals surface area contributed by atoms with Crippen molar-refractivity contribution in [2.75, 3.05) is 33.2 Å². The first-order chi connectivity index (χ1) is 10.7. The Balaban J connectivity index is 0.00000264. The van der Waals surface area contributed by atoms with Crippen LogP contribution >= 0.6 is 12.4 Å². The highest BCUT2D eigenvalue weighted by Gasteiger charge is 2.17. The average molecular weight is 340 g/mol. The molecule has 0 radical (unpaired) electrons. The van der Waals surface area contributed by atoms with Crippen LogP contribution in [0.25, 0.3) is 0 Å². The number of piperidine rings is 1. The number of likely N-dealkylation sites (N-methyl/N-ethyl adjacent to an activating group) is 1. The van der Waals surface area contributed by atoms with E-state index in [-0.39, 0.29) is 24.4 Å². The number of carbonyl (C=O) groups excluding carboxylic acids is 1. The zero-order valence-corrected chi connectivity index (χ0v) is 15.1. The van der Waals surface area contributed by atoms with E-state index < -0.39 is 0 Å². The van der Waals surface area contributed by atoms with E-state index in [9.17, 15) is 4.79 Å². The maximum atomic E-state index is 12.5. The third-order valence-electron chi connectivity index (χ3n) is 4.26. The first-order valence-electron chi connectivity index (χ1n) is 8.46. The number of hydrogen-bond acceptors (Lipinski definition) is 3. The number of nitrogens with one attached hydrogen (secondary N) is 2. The van der Waals surface area contributed by atoms with Crippen LogP contribution in [0.1, 0.15) is 42.1 Å². The fraction of sp³-hybridized carbons (Fsp3) is 0.611. The minimum atomic E-state index is 0. The number of benzene rings is 1. The molecule has 0 spiro atoms. The minimum Gasteiger partial charge on any atom is -0.348 e. The number of rotatable bonds is 7. The van der Waals surface area contributed by atoms with Crippen LogP contribution in [0, 0.1) is 0 Å². The Morgan fingerprint density at radius 2 is 1.91 bits per heavy atom. The summed E-state index contributed by atoms with van der Waals surface area (Å²) >= 11 is 0. The van der Waals surface area contributed by atoms with Crippen molar-refractivity contribution in [3.63, 3.8) is 0 Å². The molecule has 1 fully saturated rings. The molecule has 4 nitrogen and oxygen atoms in total. The second-order valence-corrected chi connectivity index (χ2v) is 6.25. The van der Waals surface area contributed by atoms with E-state index in [1.165, 1.54) is 32.4 Å². The molecular formula is C18H30ClN3O. The highest BCUT2D eigenvalue weighted by molar-refractivity contribution is 5.95. The molecule has 1 amide bonds. The lowest BCUT2D eigenvalue weighted by Crippen LogP contribution is -2.43. The van der Waals surface area contributed by atoms with Gasteiger partial charge in [0.2, 0.25) is 0 Å². The number of nitrogens with zero attached hydrogens (tertiary/aromatic N) is 1. The number of hydrogen-bond donors (Lipinski definition) is 2. The largest absolute Gasteiger partial charge is 0.348 e. The van der Waals surface area contributed by atoms with Crippen LogP contribution in [0.15, 0.2) is 24.3 Å². The van der Waals surface area contributed by atoms with Crippen LogP contribution in [-0.4, -0.2) is 50.1 Å². The molecule has 23 heavy (non-hydrogen) atoms. The van der Waals surface area contributed by atoms with Crippen molar-refractivity contribution in [3.8, 4) is 0 Å². The molecule has 130 valence electrons. The van der Waals surface area contributed by atoms with Crippen LogP contribution in [0.2, 0.25) is 0 Å². The minimum absolute atomic E-state index is 0. The topological polar surface area (TPSA) is 44.4 Å². The summed E-state index contributed by atoms with van der Waals surface area (Å²) < 4.78 is 0. The molecule has 1 heterocycles. The second-order valence-electron chi connectivity index (χ2n) is 6.25. The van der Waals surface area contributed by atoms with E-state index in [4.69, 9.17) is 0 Å². The summed E-state index contributed by atoms with van der Waals surface area (Å²) in [4.78, 5) is 15.0. The molecule has 5 heteroatoms. The molecule has 0 aliphatic carbocycles. The smallest absolute Gasteiger partial charge is 0.251 e. The van der Waals surface area contributed by atoms with Gasteiger partial charge in [-0.15, -0.1) is 12.4 Å². The summed E-state index contributed by atoms with van der Waals surface area (Å²) in [5, 5.41) is 6.30. The molecule has 0 saturated carbocycles. The molecule has 0 aromatic heterocycles. The number of halogens is 1. The monoisotopic (exact) mass is 339 g/mol. The van der Waals surface area contributed by atoms with Gasteiger partial charge in [-0.3, -0.25) is 4.79 Å². The lowest BCUT2D eigenvalue weighted by atomic mass is 10.0. The maximum Gasteiger partial charge on any atom is 0.251 e. The van der Waals surface area contributed by atoms with Crippen molar-refractivity contribution in [3.05, 3.63) is 35.4 Å². The molecule has 1 saturated heterocycles. The van der Waals surface area contributed by atoms with Crippen molar-refractivity contribution in [1.29, 1.82) is 0 Å². The first kappa shape index (κ1) is 19.9. The van der Waals surface area contributed by atoms with Crippen LogP contribution in [0.5, 0.6) is 0 Å². The van der Waals surface area contributed by atoms with Gasteiger partial charge in [0, 0.05) is 18.2 Å².